The normalized spacial score (nSPS) is 14.1. The molecule has 2 aromatic carbocycles. The van der Waals surface area contributed by atoms with Gasteiger partial charge < -0.3 is 25.2 Å². The van der Waals surface area contributed by atoms with E-state index in [9.17, 15) is 9.59 Å². The Morgan fingerprint density at radius 2 is 1.84 bits per heavy atom. The lowest BCUT2D eigenvalue weighted by atomic mass is 10.1. The zero-order valence-corrected chi connectivity index (χ0v) is 18.2. The van der Waals surface area contributed by atoms with Crippen molar-refractivity contribution in [2.45, 2.75) is 13.1 Å². The van der Waals surface area contributed by atoms with Crippen molar-refractivity contribution < 1.29 is 14.3 Å². The zero-order chi connectivity index (χ0) is 22.2. The number of ether oxygens (including phenoxy) is 1. The summed E-state index contributed by atoms with van der Waals surface area (Å²) in [5.41, 5.74) is 2.77. The minimum atomic E-state index is -0.121. The molecule has 8 heteroatoms. The molecule has 0 aromatic heterocycles. The van der Waals surface area contributed by atoms with Gasteiger partial charge in [0.1, 0.15) is 5.75 Å². The van der Waals surface area contributed by atoms with Gasteiger partial charge in [-0.15, -0.1) is 0 Å². The van der Waals surface area contributed by atoms with E-state index < -0.39 is 0 Å². The largest absolute Gasteiger partial charge is 0.497 e. The van der Waals surface area contributed by atoms with Crippen LogP contribution in [-0.4, -0.2) is 68.4 Å². The maximum absolute atomic E-state index is 12.6. The van der Waals surface area contributed by atoms with E-state index >= 15 is 0 Å². The smallest absolute Gasteiger partial charge is 0.254 e. The van der Waals surface area contributed by atoms with Crippen LogP contribution >= 0.6 is 0 Å². The van der Waals surface area contributed by atoms with Crippen LogP contribution in [0, 0.1) is 0 Å². The topological polar surface area (TPSA) is 86.3 Å². The van der Waals surface area contributed by atoms with Crippen LogP contribution in [0.2, 0.25) is 0 Å². The number of piperazine rings is 1. The molecule has 3 rings (SSSR count). The minimum Gasteiger partial charge on any atom is -0.497 e. The van der Waals surface area contributed by atoms with Crippen molar-refractivity contribution in [1.29, 1.82) is 0 Å². The number of benzene rings is 2. The van der Waals surface area contributed by atoms with E-state index in [2.05, 4.69) is 15.6 Å². The fourth-order valence-corrected chi connectivity index (χ4v) is 3.41. The average molecular weight is 424 g/mol. The van der Waals surface area contributed by atoms with Crippen molar-refractivity contribution in [2.24, 2.45) is 4.99 Å². The molecular formula is C23H29N5O3. The monoisotopic (exact) mass is 423 g/mol. The van der Waals surface area contributed by atoms with Gasteiger partial charge in [-0.05, 0) is 35.4 Å². The number of rotatable bonds is 6. The van der Waals surface area contributed by atoms with Crippen LogP contribution in [-0.2, 0) is 17.9 Å². The van der Waals surface area contributed by atoms with E-state index in [1.807, 2.05) is 48.3 Å². The number of hydrogen-bond donors (Lipinski definition) is 2. The Balaban J connectivity index is 1.54. The van der Waals surface area contributed by atoms with Crippen molar-refractivity contribution in [3.63, 3.8) is 0 Å². The van der Waals surface area contributed by atoms with Crippen molar-refractivity contribution in [2.75, 3.05) is 40.8 Å². The summed E-state index contributed by atoms with van der Waals surface area (Å²) < 4.78 is 5.20. The lowest BCUT2D eigenvalue weighted by Gasteiger charge is -2.26. The van der Waals surface area contributed by atoms with E-state index in [0.29, 0.717) is 31.7 Å². The van der Waals surface area contributed by atoms with Gasteiger partial charge in [-0.2, -0.15) is 0 Å². The van der Waals surface area contributed by atoms with Crippen LogP contribution < -0.4 is 15.4 Å². The quantitative estimate of drug-likeness (QED) is 0.543. The van der Waals surface area contributed by atoms with Crippen molar-refractivity contribution in [3.05, 3.63) is 65.2 Å². The van der Waals surface area contributed by atoms with E-state index in [1.54, 1.807) is 31.2 Å². The fraction of sp³-hybridized carbons (Fsp3) is 0.348. The number of nitrogens with one attached hydrogen (secondary N) is 2. The Bertz CT molecular complexity index is 925. The number of carbonyl (C=O) groups is 2. The highest BCUT2D eigenvalue weighted by Gasteiger charge is 2.22. The third kappa shape index (κ3) is 5.97. The Labute approximate surface area is 182 Å². The maximum atomic E-state index is 12.6. The van der Waals surface area contributed by atoms with E-state index in [0.717, 1.165) is 22.8 Å². The molecule has 2 aromatic rings. The molecule has 1 aliphatic heterocycles. The first-order valence-electron chi connectivity index (χ1n) is 10.2. The molecule has 1 fully saturated rings. The first kappa shape index (κ1) is 22.1. The first-order chi connectivity index (χ1) is 15.0. The Morgan fingerprint density at radius 1 is 1.16 bits per heavy atom. The van der Waals surface area contributed by atoms with E-state index in [-0.39, 0.29) is 18.4 Å². The molecule has 0 saturated carbocycles. The summed E-state index contributed by atoms with van der Waals surface area (Å²) in [6, 6.07) is 15.4. The third-order valence-corrected chi connectivity index (χ3v) is 5.13. The van der Waals surface area contributed by atoms with Gasteiger partial charge in [0.2, 0.25) is 5.91 Å². The summed E-state index contributed by atoms with van der Waals surface area (Å²) in [4.78, 5) is 32.0. The second-order valence-corrected chi connectivity index (χ2v) is 7.38. The number of carbonyl (C=O) groups excluding carboxylic acids is 2. The molecule has 1 saturated heterocycles. The summed E-state index contributed by atoms with van der Waals surface area (Å²) >= 11 is 0. The van der Waals surface area contributed by atoms with Gasteiger partial charge in [0.15, 0.2) is 5.96 Å². The highest BCUT2D eigenvalue weighted by Crippen LogP contribution is 2.13. The van der Waals surface area contributed by atoms with Crippen LogP contribution in [0.4, 0.5) is 0 Å². The number of aliphatic imine (C=N–C) groups is 1. The molecule has 1 aliphatic rings. The summed E-state index contributed by atoms with van der Waals surface area (Å²) in [6.07, 6.45) is 0. The third-order valence-electron chi connectivity index (χ3n) is 5.13. The molecule has 2 amide bonds. The zero-order valence-electron chi connectivity index (χ0n) is 18.2. The predicted octanol–water partition coefficient (Wildman–Crippen LogP) is 1.47. The highest BCUT2D eigenvalue weighted by molar-refractivity contribution is 5.97. The molecule has 8 nitrogen and oxygen atoms in total. The SMILES string of the molecule is CN=C(NCc1ccc(C(=O)N2CCNC(=O)C2)cc1)N(C)Cc1ccc(OC)cc1. The first-order valence-corrected chi connectivity index (χ1v) is 10.2. The van der Waals surface area contributed by atoms with Crippen molar-refractivity contribution in [1.82, 2.24) is 20.4 Å². The van der Waals surface area contributed by atoms with E-state index in [4.69, 9.17) is 4.74 Å². The van der Waals surface area contributed by atoms with Crippen LogP contribution in [0.3, 0.4) is 0 Å². The average Bonchev–Trinajstić information content (AvgIpc) is 2.80. The minimum absolute atomic E-state index is 0.110. The summed E-state index contributed by atoms with van der Waals surface area (Å²) in [5.74, 6) is 1.37. The fourth-order valence-electron chi connectivity index (χ4n) is 3.41. The second kappa shape index (κ2) is 10.5. The van der Waals surface area contributed by atoms with Gasteiger partial charge in [0.25, 0.3) is 5.91 Å². The summed E-state index contributed by atoms with van der Waals surface area (Å²) in [6.45, 7) is 2.43. The molecular weight excluding hydrogens is 394 g/mol. The molecule has 31 heavy (non-hydrogen) atoms. The molecule has 0 bridgehead atoms. The van der Waals surface area contributed by atoms with Crippen LogP contribution in [0.5, 0.6) is 5.75 Å². The van der Waals surface area contributed by atoms with Gasteiger partial charge in [-0.3, -0.25) is 14.6 Å². The molecule has 1 heterocycles. The van der Waals surface area contributed by atoms with Gasteiger partial charge in [-0.1, -0.05) is 24.3 Å². The molecule has 0 atom stereocenters. The number of nitrogens with zero attached hydrogens (tertiary/aromatic N) is 3. The lowest BCUT2D eigenvalue weighted by molar-refractivity contribution is -0.123. The van der Waals surface area contributed by atoms with Crippen molar-refractivity contribution >= 4 is 17.8 Å². The van der Waals surface area contributed by atoms with Gasteiger partial charge in [-0.25, -0.2) is 0 Å². The Hall–Kier alpha value is -3.55. The maximum Gasteiger partial charge on any atom is 0.254 e. The lowest BCUT2D eigenvalue weighted by Crippen LogP contribution is -2.49. The standard InChI is InChI=1S/C23H29N5O3/c1-24-23(27(2)15-18-6-10-20(31-3)11-7-18)26-14-17-4-8-19(9-5-17)22(30)28-13-12-25-21(29)16-28/h4-11H,12-16H2,1-3H3,(H,24,26)(H,25,29). The Kier molecular flexibility index (Phi) is 7.48. The predicted molar refractivity (Wildman–Crippen MR) is 120 cm³/mol. The molecule has 2 N–H and O–H groups in total. The van der Waals surface area contributed by atoms with Gasteiger partial charge in [0.05, 0.1) is 13.7 Å². The summed E-state index contributed by atoms with van der Waals surface area (Å²) in [5, 5.41) is 6.08. The van der Waals surface area contributed by atoms with E-state index in [1.165, 1.54) is 0 Å². The molecule has 0 spiro atoms. The van der Waals surface area contributed by atoms with Crippen LogP contribution in [0.25, 0.3) is 0 Å². The Morgan fingerprint density at radius 3 is 2.45 bits per heavy atom. The van der Waals surface area contributed by atoms with Crippen LogP contribution in [0.1, 0.15) is 21.5 Å². The highest BCUT2D eigenvalue weighted by atomic mass is 16.5. The van der Waals surface area contributed by atoms with Gasteiger partial charge >= 0.3 is 0 Å². The number of hydrogen-bond acceptors (Lipinski definition) is 4. The number of guanidine groups is 1. The number of methoxy groups -OCH3 is 1. The van der Waals surface area contributed by atoms with Crippen molar-refractivity contribution in [3.8, 4) is 5.75 Å². The van der Waals surface area contributed by atoms with Crippen LogP contribution in [0.15, 0.2) is 53.5 Å². The summed E-state index contributed by atoms with van der Waals surface area (Å²) in [7, 11) is 5.39. The second-order valence-electron chi connectivity index (χ2n) is 7.38. The molecule has 0 aliphatic carbocycles. The molecule has 0 radical (unpaired) electrons. The molecule has 164 valence electrons. The van der Waals surface area contributed by atoms with Gasteiger partial charge in [0, 0.05) is 45.8 Å². The molecule has 0 unspecified atom stereocenters. The number of amides is 2.